The second-order valence-electron chi connectivity index (χ2n) is 5.01. The smallest absolute Gasteiger partial charge is 0.244 e. The number of benzene rings is 1. The topological polar surface area (TPSA) is 55.6 Å². The summed E-state index contributed by atoms with van der Waals surface area (Å²) >= 11 is 0. The van der Waals surface area contributed by atoms with Crippen LogP contribution in [0.2, 0.25) is 0 Å². The number of nitrogens with two attached hydrogens (primary N) is 1. The van der Waals surface area contributed by atoms with Gasteiger partial charge in [0.05, 0.1) is 6.61 Å². The summed E-state index contributed by atoms with van der Waals surface area (Å²) < 4.78 is 5.04. The Labute approximate surface area is 115 Å². The molecule has 1 aromatic rings. The number of hydrogen-bond donors (Lipinski definition) is 1. The van der Waals surface area contributed by atoms with Crippen molar-refractivity contribution in [2.24, 2.45) is 5.73 Å². The Bertz CT molecular complexity index is 401. The van der Waals surface area contributed by atoms with Crippen molar-refractivity contribution in [3.63, 3.8) is 0 Å². The van der Waals surface area contributed by atoms with Crippen LogP contribution in [0.5, 0.6) is 0 Å². The number of carbonyl (C=O) groups is 1. The zero-order valence-electron chi connectivity index (χ0n) is 12.2. The van der Waals surface area contributed by atoms with E-state index in [9.17, 15) is 4.79 Å². The zero-order chi connectivity index (χ0) is 14.4. The summed E-state index contributed by atoms with van der Waals surface area (Å²) in [6, 6.07) is 7.26. The van der Waals surface area contributed by atoms with Crippen LogP contribution in [0.4, 0.5) is 0 Å². The first-order chi connectivity index (χ1) is 8.97. The standard InChI is InChI=1S/C15H24N2O2/c1-11(2)17(9-10-19-4)15(18)14(16)13-7-5-12(3)6-8-13/h5-8,11,14H,9-10,16H2,1-4H3. The number of amides is 1. The van der Waals surface area contributed by atoms with Crippen LogP contribution in [0.1, 0.15) is 31.0 Å². The highest BCUT2D eigenvalue weighted by molar-refractivity contribution is 5.83. The summed E-state index contributed by atoms with van der Waals surface area (Å²) in [5, 5.41) is 0. The van der Waals surface area contributed by atoms with E-state index < -0.39 is 6.04 Å². The number of carbonyl (C=O) groups excluding carboxylic acids is 1. The molecule has 4 heteroatoms. The monoisotopic (exact) mass is 264 g/mol. The lowest BCUT2D eigenvalue weighted by Crippen LogP contribution is -2.44. The van der Waals surface area contributed by atoms with Gasteiger partial charge in [-0.15, -0.1) is 0 Å². The van der Waals surface area contributed by atoms with Crippen molar-refractivity contribution in [3.05, 3.63) is 35.4 Å². The molecular weight excluding hydrogens is 240 g/mol. The highest BCUT2D eigenvalue weighted by Crippen LogP contribution is 2.15. The zero-order valence-corrected chi connectivity index (χ0v) is 12.2. The highest BCUT2D eigenvalue weighted by Gasteiger charge is 2.24. The lowest BCUT2D eigenvalue weighted by Gasteiger charge is -2.29. The Morgan fingerprint density at radius 2 is 1.89 bits per heavy atom. The second kappa shape index (κ2) is 7.26. The number of hydrogen-bond acceptors (Lipinski definition) is 3. The van der Waals surface area contributed by atoms with Crippen LogP contribution in [0, 0.1) is 6.92 Å². The van der Waals surface area contributed by atoms with Crippen molar-refractivity contribution >= 4 is 5.91 Å². The van der Waals surface area contributed by atoms with Crippen molar-refractivity contribution in [3.8, 4) is 0 Å². The van der Waals surface area contributed by atoms with Gasteiger partial charge in [-0.25, -0.2) is 0 Å². The molecule has 0 saturated heterocycles. The first kappa shape index (κ1) is 15.7. The molecule has 0 aliphatic rings. The molecule has 0 radical (unpaired) electrons. The third-order valence-electron chi connectivity index (χ3n) is 3.15. The first-order valence-corrected chi connectivity index (χ1v) is 6.59. The molecule has 0 aliphatic heterocycles. The van der Waals surface area contributed by atoms with Gasteiger partial charge >= 0.3 is 0 Å². The maximum absolute atomic E-state index is 12.4. The van der Waals surface area contributed by atoms with Crippen LogP contribution in [0.15, 0.2) is 24.3 Å². The molecule has 1 rings (SSSR count). The fraction of sp³-hybridized carbons (Fsp3) is 0.533. The molecule has 19 heavy (non-hydrogen) atoms. The van der Waals surface area contributed by atoms with Crippen molar-refractivity contribution in [1.82, 2.24) is 4.90 Å². The average Bonchev–Trinajstić information content (AvgIpc) is 2.38. The Kier molecular flexibility index (Phi) is 5.99. The molecule has 2 N–H and O–H groups in total. The summed E-state index contributed by atoms with van der Waals surface area (Å²) in [7, 11) is 1.63. The fourth-order valence-corrected chi connectivity index (χ4v) is 1.91. The molecule has 0 fully saturated rings. The van der Waals surface area contributed by atoms with E-state index in [1.807, 2.05) is 45.0 Å². The van der Waals surface area contributed by atoms with E-state index in [1.54, 1.807) is 12.0 Å². The minimum Gasteiger partial charge on any atom is -0.383 e. The van der Waals surface area contributed by atoms with Crippen molar-refractivity contribution in [1.29, 1.82) is 0 Å². The Hall–Kier alpha value is -1.39. The van der Waals surface area contributed by atoms with Gasteiger partial charge in [0.2, 0.25) is 5.91 Å². The Morgan fingerprint density at radius 3 is 2.37 bits per heavy atom. The lowest BCUT2D eigenvalue weighted by atomic mass is 10.0. The van der Waals surface area contributed by atoms with E-state index in [0.29, 0.717) is 13.2 Å². The van der Waals surface area contributed by atoms with Crippen LogP contribution in [-0.4, -0.2) is 37.1 Å². The molecule has 0 heterocycles. The minimum absolute atomic E-state index is 0.0593. The molecule has 1 atom stereocenters. The van der Waals surface area contributed by atoms with Gasteiger partial charge in [-0.05, 0) is 26.3 Å². The van der Waals surface area contributed by atoms with Crippen LogP contribution < -0.4 is 5.73 Å². The Morgan fingerprint density at radius 1 is 1.32 bits per heavy atom. The minimum atomic E-state index is -0.611. The number of rotatable bonds is 6. The highest BCUT2D eigenvalue weighted by atomic mass is 16.5. The summed E-state index contributed by atoms with van der Waals surface area (Å²) in [6.07, 6.45) is 0. The van der Waals surface area contributed by atoms with E-state index in [4.69, 9.17) is 10.5 Å². The van der Waals surface area contributed by atoms with Gasteiger partial charge in [0, 0.05) is 19.7 Å². The number of methoxy groups -OCH3 is 1. The Balaban J connectivity index is 2.80. The molecule has 4 nitrogen and oxygen atoms in total. The van der Waals surface area contributed by atoms with Gasteiger partial charge in [0.15, 0.2) is 0 Å². The number of nitrogens with zero attached hydrogens (tertiary/aromatic N) is 1. The van der Waals surface area contributed by atoms with E-state index >= 15 is 0 Å². The van der Waals surface area contributed by atoms with Gasteiger partial charge in [-0.1, -0.05) is 29.8 Å². The molecule has 0 aliphatic carbocycles. The van der Waals surface area contributed by atoms with E-state index in [0.717, 1.165) is 11.1 Å². The summed E-state index contributed by atoms with van der Waals surface area (Å²) in [5.41, 5.74) is 8.07. The van der Waals surface area contributed by atoms with Gasteiger partial charge in [0.1, 0.15) is 6.04 Å². The van der Waals surface area contributed by atoms with Gasteiger partial charge in [-0.2, -0.15) is 0 Å². The predicted molar refractivity (Wildman–Crippen MR) is 76.8 cm³/mol. The molecule has 1 unspecified atom stereocenters. The molecule has 1 amide bonds. The van der Waals surface area contributed by atoms with Crippen LogP contribution in [-0.2, 0) is 9.53 Å². The van der Waals surface area contributed by atoms with Crippen LogP contribution in [0.3, 0.4) is 0 Å². The van der Waals surface area contributed by atoms with Crippen molar-refractivity contribution < 1.29 is 9.53 Å². The van der Waals surface area contributed by atoms with Crippen molar-refractivity contribution in [2.75, 3.05) is 20.3 Å². The fourth-order valence-electron chi connectivity index (χ4n) is 1.91. The maximum Gasteiger partial charge on any atom is 0.244 e. The molecule has 0 bridgehead atoms. The normalized spacial score (nSPS) is 12.5. The maximum atomic E-state index is 12.4. The SMILES string of the molecule is COCCN(C(=O)C(N)c1ccc(C)cc1)C(C)C. The predicted octanol–water partition coefficient (Wildman–Crippen LogP) is 1.88. The average molecular weight is 264 g/mol. The van der Waals surface area contributed by atoms with E-state index in [1.165, 1.54) is 0 Å². The summed E-state index contributed by atoms with van der Waals surface area (Å²) in [5.74, 6) is -0.0593. The molecular formula is C15H24N2O2. The van der Waals surface area contributed by atoms with Crippen molar-refractivity contribution in [2.45, 2.75) is 32.9 Å². The van der Waals surface area contributed by atoms with Crippen LogP contribution >= 0.6 is 0 Å². The number of aryl methyl sites for hydroxylation is 1. The van der Waals surface area contributed by atoms with E-state index in [2.05, 4.69) is 0 Å². The van der Waals surface area contributed by atoms with Crippen LogP contribution in [0.25, 0.3) is 0 Å². The largest absolute Gasteiger partial charge is 0.383 e. The molecule has 1 aromatic carbocycles. The first-order valence-electron chi connectivity index (χ1n) is 6.59. The molecule has 0 aromatic heterocycles. The lowest BCUT2D eigenvalue weighted by molar-refractivity contribution is -0.135. The molecule has 0 spiro atoms. The molecule has 0 saturated carbocycles. The quantitative estimate of drug-likeness (QED) is 0.853. The van der Waals surface area contributed by atoms with Gasteiger partial charge < -0.3 is 15.4 Å². The number of ether oxygens (including phenoxy) is 1. The molecule has 106 valence electrons. The van der Waals surface area contributed by atoms with E-state index in [-0.39, 0.29) is 11.9 Å². The van der Waals surface area contributed by atoms with Gasteiger partial charge in [0.25, 0.3) is 0 Å². The van der Waals surface area contributed by atoms with Gasteiger partial charge in [-0.3, -0.25) is 4.79 Å². The third kappa shape index (κ3) is 4.33. The summed E-state index contributed by atoms with van der Waals surface area (Å²) in [4.78, 5) is 14.2. The summed E-state index contributed by atoms with van der Waals surface area (Å²) in [6.45, 7) is 7.05. The second-order valence-corrected chi connectivity index (χ2v) is 5.01. The third-order valence-corrected chi connectivity index (χ3v) is 3.15.